The second-order valence-corrected chi connectivity index (χ2v) is 7.43. The molecule has 0 aliphatic rings. The number of nitrogens with one attached hydrogen (secondary N) is 2. The summed E-state index contributed by atoms with van der Waals surface area (Å²) >= 11 is 0. The molecule has 8 N–H and O–H groups in total. The molecule has 0 fully saturated rings. The van der Waals surface area contributed by atoms with Gasteiger partial charge in [0.05, 0.1) is 7.11 Å². The van der Waals surface area contributed by atoms with Crippen molar-refractivity contribution in [3.8, 4) is 0 Å². The van der Waals surface area contributed by atoms with Crippen molar-refractivity contribution in [1.82, 2.24) is 0 Å². The maximum atomic E-state index is 11.8. The molecule has 2 rings (SSSR count). The molecule has 220 valence electrons. The summed E-state index contributed by atoms with van der Waals surface area (Å²) in [6.45, 7) is 0.680. The fourth-order valence-corrected chi connectivity index (χ4v) is 2.51. The molecule has 0 aromatic heterocycles. The number of carboxylic acid groups (broad SMARTS) is 2. The van der Waals surface area contributed by atoms with Gasteiger partial charge in [-0.3, -0.25) is 15.6 Å². The molecule has 2 aromatic rings. The van der Waals surface area contributed by atoms with Crippen LogP contribution in [0.3, 0.4) is 0 Å². The van der Waals surface area contributed by atoms with Gasteiger partial charge in [-0.2, -0.15) is 26.3 Å². The van der Waals surface area contributed by atoms with Crippen molar-refractivity contribution in [2.24, 2.45) is 11.5 Å². The maximum absolute atomic E-state index is 11.8. The van der Waals surface area contributed by atoms with Gasteiger partial charge in [0.1, 0.15) is 18.2 Å². The summed E-state index contributed by atoms with van der Waals surface area (Å²) < 4.78 is 68.3. The van der Waals surface area contributed by atoms with Gasteiger partial charge in [0.2, 0.25) is 0 Å². The maximum Gasteiger partial charge on any atom is 0.490 e. The van der Waals surface area contributed by atoms with Gasteiger partial charge in [0, 0.05) is 23.4 Å². The van der Waals surface area contributed by atoms with E-state index in [1.54, 1.807) is 30.3 Å². The van der Waals surface area contributed by atoms with Gasteiger partial charge >= 0.3 is 30.3 Å². The van der Waals surface area contributed by atoms with Crippen LogP contribution in [-0.2, 0) is 25.5 Å². The molecular weight excluding hydrogens is 556 g/mol. The lowest BCUT2D eigenvalue weighted by atomic mass is 10.1. The molecule has 0 radical (unpaired) electrons. The minimum atomic E-state index is -5.08. The number of halogens is 6. The molecule has 0 bridgehead atoms. The van der Waals surface area contributed by atoms with E-state index in [4.69, 9.17) is 46.8 Å². The van der Waals surface area contributed by atoms with E-state index in [9.17, 15) is 31.1 Å². The van der Waals surface area contributed by atoms with Crippen molar-refractivity contribution >= 4 is 35.3 Å². The van der Waals surface area contributed by atoms with Gasteiger partial charge in [-0.15, -0.1) is 0 Å². The van der Waals surface area contributed by atoms with Gasteiger partial charge in [-0.25, -0.2) is 9.59 Å². The number of benzene rings is 2. The Morgan fingerprint density at radius 1 is 0.850 bits per heavy atom. The van der Waals surface area contributed by atoms with Crippen molar-refractivity contribution in [2.75, 3.05) is 25.1 Å². The van der Waals surface area contributed by atoms with E-state index in [0.29, 0.717) is 24.1 Å². The number of amidine groups is 2. The summed E-state index contributed by atoms with van der Waals surface area (Å²) in [5.41, 5.74) is 14.2. The summed E-state index contributed by atoms with van der Waals surface area (Å²) in [4.78, 5) is 31.5. The van der Waals surface area contributed by atoms with Crippen molar-refractivity contribution in [1.29, 1.82) is 10.8 Å². The normalized spacial score (nSPS) is 10.6. The Kier molecular flexibility index (Phi) is 13.7. The average molecular weight is 581 g/mol. The van der Waals surface area contributed by atoms with Gasteiger partial charge in [0.15, 0.2) is 0 Å². The Morgan fingerprint density at radius 3 is 1.68 bits per heavy atom. The van der Waals surface area contributed by atoms with Crippen molar-refractivity contribution < 1.29 is 55.7 Å². The van der Waals surface area contributed by atoms with Crippen LogP contribution in [0.2, 0.25) is 0 Å². The van der Waals surface area contributed by atoms with Gasteiger partial charge in [-0.1, -0.05) is 36.4 Å². The largest absolute Gasteiger partial charge is 0.490 e. The summed E-state index contributed by atoms with van der Waals surface area (Å²) in [5.74, 6) is -5.85. The predicted molar refractivity (Wildman–Crippen MR) is 130 cm³/mol. The van der Waals surface area contributed by atoms with Crippen LogP contribution in [0, 0.1) is 10.8 Å². The number of anilines is 1. The Morgan fingerprint density at radius 2 is 1.30 bits per heavy atom. The number of carboxylic acids is 2. The van der Waals surface area contributed by atoms with E-state index in [-0.39, 0.29) is 24.2 Å². The van der Waals surface area contributed by atoms with E-state index < -0.39 is 24.3 Å². The number of carbonyl (C=O) groups is 3. The zero-order valence-corrected chi connectivity index (χ0v) is 20.6. The standard InChI is InChI=1S/C19H23N5O2.2C2HF3O2/c1-26-17(25)12-24(16-4-2-3-15(11-16)19(22)23)10-9-13-5-7-14(8-6-13)18(20)21;2*3-2(4,5)1(6)7/h2-8,11H,9-10,12H2,1H3,(H3,20,21)(H3,22,23);2*(H,6,7). The van der Waals surface area contributed by atoms with E-state index in [1.165, 1.54) is 7.11 Å². The molecule has 40 heavy (non-hydrogen) atoms. The van der Waals surface area contributed by atoms with Gasteiger partial charge in [-0.05, 0) is 24.1 Å². The monoisotopic (exact) mass is 581 g/mol. The second-order valence-electron chi connectivity index (χ2n) is 7.43. The lowest BCUT2D eigenvalue weighted by Crippen LogP contribution is -2.32. The number of nitrogen functional groups attached to an aromatic ring is 2. The van der Waals surface area contributed by atoms with Crippen LogP contribution in [0.4, 0.5) is 32.0 Å². The number of ether oxygens (including phenoxy) is 1. The summed E-state index contributed by atoms with van der Waals surface area (Å²) in [6, 6.07) is 14.6. The number of esters is 1. The third-order valence-electron chi connectivity index (χ3n) is 4.49. The average Bonchev–Trinajstić information content (AvgIpc) is 2.86. The molecule has 2 aromatic carbocycles. The summed E-state index contributed by atoms with van der Waals surface area (Å²) in [6.07, 6.45) is -9.47. The number of carbonyl (C=O) groups excluding carboxylic acids is 1. The quantitative estimate of drug-likeness (QED) is 0.117. The van der Waals surface area contributed by atoms with Crippen LogP contribution in [0.5, 0.6) is 0 Å². The van der Waals surface area contributed by atoms with E-state index in [2.05, 4.69) is 0 Å². The fraction of sp³-hybridized carbons (Fsp3) is 0.261. The zero-order valence-electron chi connectivity index (χ0n) is 20.6. The number of hydrogen-bond acceptors (Lipinski definition) is 7. The zero-order chi connectivity index (χ0) is 31.3. The van der Waals surface area contributed by atoms with Crippen LogP contribution in [0.1, 0.15) is 16.7 Å². The predicted octanol–water partition coefficient (Wildman–Crippen LogP) is 2.74. The molecule has 0 saturated heterocycles. The molecule has 0 amide bonds. The third-order valence-corrected chi connectivity index (χ3v) is 4.49. The molecule has 0 aliphatic heterocycles. The van der Waals surface area contributed by atoms with E-state index in [1.807, 2.05) is 23.1 Å². The Labute approximate surface area is 223 Å². The van der Waals surface area contributed by atoms with Crippen LogP contribution in [-0.4, -0.2) is 72.3 Å². The number of nitrogens with zero attached hydrogens (tertiary/aromatic N) is 1. The SMILES string of the molecule is COC(=O)CN(CCc1ccc(C(=N)N)cc1)c1cccc(C(=N)N)c1.O=C(O)C(F)(F)F.O=C(O)C(F)(F)F. The first-order valence-corrected chi connectivity index (χ1v) is 10.6. The Hall–Kier alpha value is -4.83. The molecule has 0 aliphatic carbocycles. The second kappa shape index (κ2) is 15.6. The molecule has 0 heterocycles. The number of methoxy groups -OCH3 is 1. The molecular formula is C23H25F6N5O6. The molecule has 17 heteroatoms. The molecule has 0 spiro atoms. The van der Waals surface area contributed by atoms with Crippen molar-refractivity contribution in [3.05, 3.63) is 65.2 Å². The number of nitrogens with two attached hydrogens (primary N) is 2. The van der Waals surface area contributed by atoms with Crippen LogP contribution < -0.4 is 16.4 Å². The minimum absolute atomic E-state index is 0.0234. The first kappa shape index (κ1) is 35.2. The highest BCUT2D eigenvalue weighted by atomic mass is 19.4. The highest BCUT2D eigenvalue weighted by Crippen LogP contribution is 2.18. The lowest BCUT2D eigenvalue weighted by Gasteiger charge is -2.24. The first-order chi connectivity index (χ1) is 18.3. The van der Waals surface area contributed by atoms with E-state index in [0.717, 1.165) is 11.3 Å². The number of alkyl halides is 6. The molecule has 0 atom stereocenters. The Balaban J connectivity index is 0.000000894. The van der Waals surface area contributed by atoms with Crippen LogP contribution in [0.15, 0.2) is 48.5 Å². The topological polar surface area (TPSA) is 204 Å². The summed E-state index contributed by atoms with van der Waals surface area (Å²) in [7, 11) is 1.35. The van der Waals surface area contributed by atoms with Crippen molar-refractivity contribution in [3.63, 3.8) is 0 Å². The van der Waals surface area contributed by atoms with Crippen molar-refractivity contribution in [2.45, 2.75) is 18.8 Å². The van der Waals surface area contributed by atoms with Crippen LogP contribution in [0.25, 0.3) is 0 Å². The highest BCUT2D eigenvalue weighted by molar-refractivity contribution is 5.96. The molecule has 0 unspecified atom stereocenters. The van der Waals surface area contributed by atoms with Crippen LogP contribution >= 0.6 is 0 Å². The van der Waals surface area contributed by atoms with Gasteiger partial charge in [0.25, 0.3) is 0 Å². The lowest BCUT2D eigenvalue weighted by molar-refractivity contribution is -0.193. The number of rotatable bonds is 8. The van der Waals surface area contributed by atoms with E-state index >= 15 is 0 Å². The molecule has 11 nitrogen and oxygen atoms in total. The van der Waals surface area contributed by atoms with Gasteiger partial charge < -0.3 is 31.3 Å². The number of aliphatic carboxylic acids is 2. The Bertz CT molecular complexity index is 1160. The third kappa shape index (κ3) is 13.6. The highest BCUT2D eigenvalue weighted by Gasteiger charge is 2.38. The minimum Gasteiger partial charge on any atom is -0.475 e. The fourth-order valence-electron chi connectivity index (χ4n) is 2.51. The summed E-state index contributed by atoms with van der Waals surface area (Å²) in [5, 5.41) is 29.3. The first-order valence-electron chi connectivity index (χ1n) is 10.6. The smallest absolute Gasteiger partial charge is 0.475 e. The molecule has 0 saturated carbocycles. The number of hydrogen-bond donors (Lipinski definition) is 6.